The van der Waals surface area contributed by atoms with E-state index in [1.807, 2.05) is 41.2 Å². The van der Waals surface area contributed by atoms with Gasteiger partial charge in [-0.25, -0.2) is 4.68 Å². The van der Waals surface area contributed by atoms with Gasteiger partial charge in [0.15, 0.2) is 0 Å². The van der Waals surface area contributed by atoms with E-state index < -0.39 is 0 Å². The van der Waals surface area contributed by atoms with E-state index in [-0.39, 0.29) is 4.83 Å². The van der Waals surface area contributed by atoms with Crippen molar-refractivity contribution in [3.05, 3.63) is 42.2 Å². The summed E-state index contributed by atoms with van der Waals surface area (Å²) in [7, 11) is 0. The molecule has 5 heteroatoms. The molecule has 18 heavy (non-hydrogen) atoms. The monoisotopic (exact) mass is 309 g/mol. The number of hydrogen-bond acceptors (Lipinski definition) is 3. The first-order valence-corrected chi connectivity index (χ1v) is 6.93. The molecule has 96 valence electrons. The van der Waals surface area contributed by atoms with Gasteiger partial charge in [0, 0.05) is 6.20 Å². The number of benzene rings is 1. The van der Waals surface area contributed by atoms with Crippen molar-refractivity contribution in [1.82, 2.24) is 15.0 Å². The molecule has 4 nitrogen and oxygen atoms in total. The fourth-order valence-electron chi connectivity index (χ4n) is 1.55. The minimum Gasteiger partial charge on any atom is -0.492 e. The summed E-state index contributed by atoms with van der Waals surface area (Å²) >= 11 is 3.56. The Morgan fingerprint density at radius 2 is 2.11 bits per heavy atom. The molecule has 0 aliphatic heterocycles. The number of para-hydroxylation sites is 1. The van der Waals surface area contributed by atoms with E-state index in [9.17, 15) is 0 Å². The van der Waals surface area contributed by atoms with Gasteiger partial charge in [0.05, 0.1) is 17.1 Å². The third kappa shape index (κ3) is 3.57. The molecule has 0 saturated heterocycles. The van der Waals surface area contributed by atoms with E-state index in [0.29, 0.717) is 13.2 Å². The predicted molar refractivity (Wildman–Crippen MR) is 73.9 cm³/mol. The van der Waals surface area contributed by atoms with E-state index in [4.69, 9.17) is 4.74 Å². The van der Waals surface area contributed by atoms with Gasteiger partial charge in [0.2, 0.25) is 0 Å². The second-order valence-electron chi connectivity index (χ2n) is 3.94. The second-order valence-corrected chi connectivity index (χ2v) is 5.05. The lowest BCUT2D eigenvalue weighted by Crippen LogP contribution is -2.08. The quantitative estimate of drug-likeness (QED) is 0.769. The summed E-state index contributed by atoms with van der Waals surface area (Å²) in [6.07, 6.45) is 2.95. The summed E-state index contributed by atoms with van der Waals surface area (Å²) in [6.45, 7) is 3.40. The van der Waals surface area contributed by atoms with Crippen molar-refractivity contribution in [3.63, 3.8) is 0 Å². The summed E-state index contributed by atoms with van der Waals surface area (Å²) in [4.78, 5) is 0.279. The summed E-state index contributed by atoms with van der Waals surface area (Å²) in [5, 5.41) is 8.20. The molecule has 0 saturated carbocycles. The molecule has 2 aromatic rings. The number of nitrogens with zero attached hydrogens (tertiary/aromatic N) is 3. The molecule has 1 aromatic carbocycles. The highest BCUT2D eigenvalue weighted by Crippen LogP contribution is 2.23. The molecule has 0 aliphatic carbocycles. The van der Waals surface area contributed by atoms with Gasteiger partial charge in [0.1, 0.15) is 12.4 Å². The Kier molecular flexibility index (Phi) is 4.75. The molecule has 2 rings (SSSR count). The van der Waals surface area contributed by atoms with Crippen molar-refractivity contribution in [2.75, 3.05) is 6.61 Å². The van der Waals surface area contributed by atoms with E-state index in [2.05, 4.69) is 33.2 Å². The minimum atomic E-state index is 0.279. The Balaban J connectivity index is 1.82. The Morgan fingerprint density at radius 3 is 2.83 bits per heavy atom. The van der Waals surface area contributed by atoms with Gasteiger partial charge in [-0.3, -0.25) is 0 Å². The van der Waals surface area contributed by atoms with Crippen LogP contribution >= 0.6 is 15.9 Å². The molecule has 1 atom stereocenters. The maximum absolute atomic E-state index is 5.61. The van der Waals surface area contributed by atoms with Crippen LogP contribution < -0.4 is 4.74 Å². The molecule has 0 aliphatic rings. The predicted octanol–water partition coefficient (Wildman–Crippen LogP) is 3.20. The zero-order valence-electron chi connectivity index (χ0n) is 10.3. The minimum absolute atomic E-state index is 0.279. The molecule has 0 radical (unpaired) electrons. The Labute approximate surface area is 115 Å². The second kappa shape index (κ2) is 6.54. The van der Waals surface area contributed by atoms with Crippen molar-refractivity contribution in [1.29, 1.82) is 0 Å². The van der Waals surface area contributed by atoms with Crippen LogP contribution in [0.1, 0.15) is 23.9 Å². The van der Waals surface area contributed by atoms with Crippen LogP contribution in [0.5, 0.6) is 5.75 Å². The maximum atomic E-state index is 5.61. The smallest absolute Gasteiger partial charge is 0.119 e. The Bertz CT molecular complexity index is 472. The van der Waals surface area contributed by atoms with Gasteiger partial charge in [-0.1, -0.05) is 46.3 Å². The van der Waals surface area contributed by atoms with E-state index in [1.54, 1.807) is 0 Å². The first-order valence-electron chi connectivity index (χ1n) is 6.01. The van der Waals surface area contributed by atoms with E-state index in [1.165, 1.54) is 0 Å². The van der Waals surface area contributed by atoms with Crippen molar-refractivity contribution in [2.45, 2.75) is 24.7 Å². The third-order valence-corrected chi connectivity index (χ3v) is 3.68. The number of alkyl halides is 1. The maximum Gasteiger partial charge on any atom is 0.119 e. The van der Waals surface area contributed by atoms with Crippen LogP contribution in [0.3, 0.4) is 0 Å². The van der Waals surface area contributed by atoms with E-state index >= 15 is 0 Å². The largest absolute Gasteiger partial charge is 0.492 e. The SMILES string of the molecule is CCC(Br)c1cn(CCOc2ccccc2)nn1. The average molecular weight is 310 g/mol. The van der Waals surface area contributed by atoms with Gasteiger partial charge >= 0.3 is 0 Å². The lowest BCUT2D eigenvalue weighted by Gasteiger charge is -2.05. The van der Waals surface area contributed by atoms with Gasteiger partial charge in [-0.2, -0.15) is 0 Å². The summed E-state index contributed by atoms with van der Waals surface area (Å²) in [5.41, 5.74) is 0.970. The Morgan fingerprint density at radius 1 is 1.33 bits per heavy atom. The molecule has 0 bridgehead atoms. The molecule has 0 amide bonds. The van der Waals surface area contributed by atoms with Gasteiger partial charge in [-0.15, -0.1) is 5.10 Å². The van der Waals surface area contributed by atoms with Gasteiger partial charge in [0.25, 0.3) is 0 Å². The third-order valence-electron chi connectivity index (χ3n) is 2.57. The molecule has 0 N–H and O–H groups in total. The highest BCUT2D eigenvalue weighted by molar-refractivity contribution is 9.09. The molecule has 1 aromatic heterocycles. The number of aromatic nitrogens is 3. The zero-order valence-corrected chi connectivity index (χ0v) is 11.9. The van der Waals surface area contributed by atoms with Crippen LogP contribution in [-0.2, 0) is 6.54 Å². The normalized spacial score (nSPS) is 12.3. The summed E-state index contributed by atoms with van der Waals surface area (Å²) < 4.78 is 7.41. The zero-order chi connectivity index (χ0) is 12.8. The van der Waals surface area contributed by atoms with Crippen LogP contribution in [0.25, 0.3) is 0 Å². The number of halogens is 1. The van der Waals surface area contributed by atoms with Crippen LogP contribution in [0.2, 0.25) is 0 Å². The molecular weight excluding hydrogens is 294 g/mol. The van der Waals surface area contributed by atoms with Crippen molar-refractivity contribution in [3.8, 4) is 5.75 Å². The molecular formula is C13H16BrN3O. The van der Waals surface area contributed by atoms with Crippen molar-refractivity contribution in [2.24, 2.45) is 0 Å². The van der Waals surface area contributed by atoms with Gasteiger partial charge in [-0.05, 0) is 18.6 Å². The molecule has 1 heterocycles. The average Bonchev–Trinajstić information content (AvgIpc) is 2.88. The first kappa shape index (κ1) is 13.1. The summed E-state index contributed by atoms with van der Waals surface area (Å²) in [5.74, 6) is 0.879. The molecule has 0 fully saturated rings. The van der Waals surface area contributed by atoms with Crippen molar-refractivity contribution < 1.29 is 4.74 Å². The number of hydrogen-bond donors (Lipinski definition) is 0. The van der Waals surface area contributed by atoms with E-state index in [0.717, 1.165) is 17.9 Å². The van der Waals surface area contributed by atoms with Crippen LogP contribution in [0.4, 0.5) is 0 Å². The highest BCUT2D eigenvalue weighted by Gasteiger charge is 2.09. The molecule has 0 spiro atoms. The Hall–Kier alpha value is -1.36. The highest BCUT2D eigenvalue weighted by atomic mass is 79.9. The van der Waals surface area contributed by atoms with Crippen LogP contribution in [0.15, 0.2) is 36.5 Å². The van der Waals surface area contributed by atoms with Crippen LogP contribution in [0, 0.1) is 0 Å². The standard InChI is InChI=1S/C13H16BrN3O/c1-2-12(14)13-10-17(16-15-13)8-9-18-11-6-4-3-5-7-11/h3-7,10,12H,2,8-9H2,1H3. The topological polar surface area (TPSA) is 39.9 Å². The van der Waals surface area contributed by atoms with Gasteiger partial charge < -0.3 is 4.74 Å². The first-order chi connectivity index (χ1) is 8.79. The van der Waals surface area contributed by atoms with Crippen LogP contribution in [-0.4, -0.2) is 21.6 Å². The summed E-state index contributed by atoms with van der Waals surface area (Å²) in [6, 6.07) is 9.77. The lowest BCUT2D eigenvalue weighted by molar-refractivity contribution is 0.289. The fourth-order valence-corrected chi connectivity index (χ4v) is 1.76. The molecule has 1 unspecified atom stereocenters. The fraction of sp³-hybridized carbons (Fsp3) is 0.385. The lowest BCUT2D eigenvalue weighted by atomic mass is 10.3. The van der Waals surface area contributed by atoms with Crippen molar-refractivity contribution >= 4 is 15.9 Å². The number of rotatable bonds is 6. The number of ether oxygens (including phenoxy) is 1.